The van der Waals surface area contributed by atoms with E-state index in [0.717, 1.165) is 11.1 Å². The van der Waals surface area contributed by atoms with Crippen molar-refractivity contribution in [3.8, 4) is 0 Å². The van der Waals surface area contributed by atoms with E-state index in [1.807, 2.05) is 36.4 Å². The predicted molar refractivity (Wildman–Crippen MR) is 71.3 cm³/mol. The molecule has 1 aliphatic carbocycles. The molecule has 0 saturated heterocycles. The molecule has 2 rings (SSSR count). The first-order valence-electron chi connectivity index (χ1n) is 5.98. The summed E-state index contributed by atoms with van der Waals surface area (Å²) in [6, 6.07) is 9.88. The molecule has 2 N–H and O–H groups in total. The van der Waals surface area contributed by atoms with Crippen molar-refractivity contribution in [2.45, 2.75) is 32.5 Å². The Morgan fingerprint density at radius 3 is 2.18 bits per heavy atom. The Balaban J connectivity index is 0.000000437. The fourth-order valence-corrected chi connectivity index (χ4v) is 1.46. The minimum Gasteiger partial charge on any atom is -0.362 e. The van der Waals surface area contributed by atoms with Gasteiger partial charge in [0.15, 0.2) is 5.79 Å². The van der Waals surface area contributed by atoms with Gasteiger partial charge in [0.2, 0.25) is 0 Å². The van der Waals surface area contributed by atoms with Crippen LogP contribution in [0, 0.1) is 0 Å². The highest BCUT2D eigenvalue weighted by atomic mass is 16.5. The maximum atomic E-state index is 9.26. The monoisotopic (exact) mass is 232 g/mol. The summed E-state index contributed by atoms with van der Waals surface area (Å²) in [4.78, 5) is 0. The molecule has 92 valence electrons. The van der Waals surface area contributed by atoms with Gasteiger partial charge in [0.25, 0.3) is 0 Å². The lowest BCUT2D eigenvalue weighted by molar-refractivity contribution is -0.114. The first kappa shape index (κ1) is 13.7. The molecule has 0 spiro atoms. The van der Waals surface area contributed by atoms with Crippen molar-refractivity contribution in [3.05, 3.63) is 54.1 Å². The lowest BCUT2D eigenvalue weighted by Crippen LogP contribution is -2.25. The molecule has 0 unspecified atom stereocenters. The van der Waals surface area contributed by atoms with Crippen molar-refractivity contribution >= 4 is 5.57 Å². The molecule has 1 aliphatic rings. The van der Waals surface area contributed by atoms with E-state index in [1.165, 1.54) is 12.5 Å². The molecule has 1 aromatic carbocycles. The lowest BCUT2D eigenvalue weighted by atomic mass is 9.97. The van der Waals surface area contributed by atoms with Crippen LogP contribution in [-0.4, -0.2) is 16.0 Å². The Kier molecular flexibility index (Phi) is 5.13. The van der Waals surface area contributed by atoms with Gasteiger partial charge in [0, 0.05) is 6.42 Å². The second-order valence-corrected chi connectivity index (χ2v) is 4.15. The van der Waals surface area contributed by atoms with Crippen molar-refractivity contribution in [2.24, 2.45) is 0 Å². The molecule has 2 heteroatoms. The molecule has 0 aromatic heterocycles. The fraction of sp³-hybridized carbons (Fsp3) is 0.333. The molecular formula is C15H20O2. The topological polar surface area (TPSA) is 40.5 Å². The minimum atomic E-state index is -1.67. The normalized spacial score (nSPS) is 16.8. The van der Waals surface area contributed by atoms with E-state index in [9.17, 15) is 10.2 Å². The summed E-state index contributed by atoms with van der Waals surface area (Å²) in [7, 11) is 0. The highest BCUT2D eigenvalue weighted by molar-refractivity contribution is 5.75. The smallest absolute Gasteiger partial charge is 0.186 e. The van der Waals surface area contributed by atoms with Crippen LogP contribution in [0.4, 0.5) is 0 Å². The molecule has 17 heavy (non-hydrogen) atoms. The number of rotatable bonds is 1. The van der Waals surface area contributed by atoms with Crippen molar-refractivity contribution in [2.75, 3.05) is 0 Å². The van der Waals surface area contributed by atoms with E-state index in [2.05, 4.69) is 13.8 Å². The van der Waals surface area contributed by atoms with Crippen molar-refractivity contribution < 1.29 is 10.2 Å². The number of hydrogen-bond acceptors (Lipinski definition) is 2. The second-order valence-electron chi connectivity index (χ2n) is 4.15. The zero-order valence-electron chi connectivity index (χ0n) is 10.4. The Hall–Kier alpha value is -1.38. The standard InChI is InChI=1S/C12H12O2.C3H8/c13-12(14)8-6-11(7-9-12)10-4-2-1-3-5-10;1-3-2/h1-8,13-14H,9H2;3H2,1-2H3. The van der Waals surface area contributed by atoms with Gasteiger partial charge in [-0.15, -0.1) is 0 Å². The van der Waals surface area contributed by atoms with E-state index in [0.29, 0.717) is 0 Å². The Morgan fingerprint density at radius 2 is 1.71 bits per heavy atom. The number of hydrogen-bond donors (Lipinski definition) is 2. The second kappa shape index (κ2) is 6.38. The Bertz CT molecular complexity index is 389. The van der Waals surface area contributed by atoms with Crippen LogP contribution in [-0.2, 0) is 0 Å². The first-order valence-corrected chi connectivity index (χ1v) is 5.98. The zero-order valence-corrected chi connectivity index (χ0v) is 10.4. The summed E-state index contributed by atoms with van der Waals surface area (Å²) in [6.07, 6.45) is 6.47. The van der Waals surface area contributed by atoms with E-state index >= 15 is 0 Å². The summed E-state index contributed by atoms with van der Waals surface area (Å²) < 4.78 is 0. The maximum absolute atomic E-state index is 9.26. The van der Waals surface area contributed by atoms with Crippen LogP contribution in [0.15, 0.2) is 48.6 Å². The molecule has 0 saturated carbocycles. The molecule has 0 heterocycles. The van der Waals surface area contributed by atoms with Crippen LogP contribution in [0.3, 0.4) is 0 Å². The summed E-state index contributed by atoms with van der Waals surface area (Å²) in [5.41, 5.74) is 2.13. The van der Waals surface area contributed by atoms with Crippen LogP contribution in [0.25, 0.3) is 5.57 Å². The van der Waals surface area contributed by atoms with Crippen LogP contribution in [0.5, 0.6) is 0 Å². The third-order valence-electron chi connectivity index (χ3n) is 2.26. The lowest BCUT2D eigenvalue weighted by Gasteiger charge is -2.19. The van der Waals surface area contributed by atoms with Crippen LogP contribution < -0.4 is 0 Å². The first-order chi connectivity index (χ1) is 8.09. The largest absolute Gasteiger partial charge is 0.362 e. The van der Waals surface area contributed by atoms with Gasteiger partial charge < -0.3 is 10.2 Å². The summed E-state index contributed by atoms with van der Waals surface area (Å²) >= 11 is 0. The fourth-order valence-electron chi connectivity index (χ4n) is 1.46. The molecule has 0 fully saturated rings. The van der Waals surface area contributed by atoms with Gasteiger partial charge in [-0.25, -0.2) is 0 Å². The van der Waals surface area contributed by atoms with Crippen molar-refractivity contribution in [1.82, 2.24) is 0 Å². The molecule has 1 aromatic rings. The van der Waals surface area contributed by atoms with Crippen molar-refractivity contribution in [1.29, 1.82) is 0 Å². The Morgan fingerprint density at radius 1 is 1.12 bits per heavy atom. The number of benzene rings is 1. The van der Waals surface area contributed by atoms with Gasteiger partial charge in [-0.3, -0.25) is 0 Å². The van der Waals surface area contributed by atoms with Crippen LogP contribution >= 0.6 is 0 Å². The predicted octanol–water partition coefficient (Wildman–Crippen LogP) is 3.13. The van der Waals surface area contributed by atoms with Gasteiger partial charge in [-0.2, -0.15) is 0 Å². The summed E-state index contributed by atoms with van der Waals surface area (Å²) in [5, 5.41) is 18.5. The third kappa shape index (κ3) is 4.55. The van der Waals surface area contributed by atoms with Crippen LogP contribution in [0.2, 0.25) is 0 Å². The third-order valence-corrected chi connectivity index (χ3v) is 2.26. The zero-order chi connectivity index (χ0) is 12.7. The summed E-state index contributed by atoms with van der Waals surface area (Å²) in [5.74, 6) is -1.67. The Labute approximate surface area is 103 Å². The highest BCUT2D eigenvalue weighted by Gasteiger charge is 2.20. The molecule has 0 amide bonds. The molecule has 2 nitrogen and oxygen atoms in total. The number of allylic oxidation sites excluding steroid dienone is 2. The molecule has 0 bridgehead atoms. The molecule has 0 atom stereocenters. The van der Waals surface area contributed by atoms with Gasteiger partial charge in [-0.05, 0) is 17.2 Å². The maximum Gasteiger partial charge on any atom is 0.186 e. The quantitative estimate of drug-likeness (QED) is 0.730. The van der Waals surface area contributed by atoms with Gasteiger partial charge in [0.1, 0.15) is 0 Å². The average Bonchev–Trinajstić information content (AvgIpc) is 2.31. The van der Waals surface area contributed by atoms with E-state index in [-0.39, 0.29) is 6.42 Å². The van der Waals surface area contributed by atoms with E-state index in [4.69, 9.17) is 0 Å². The SMILES string of the molecule is CCC.OC1(O)C=CC(c2ccccc2)=CC1. The molecule has 0 aliphatic heterocycles. The van der Waals surface area contributed by atoms with Gasteiger partial charge >= 0.3 is 0 Å². The number of aliphatic hydroxyl groups is 2. The van der Waals surface area contributed by atoms with Gasteiger partial charge in [-0.1, -0.05) is 62.8 Å². The van der Waals surface area contributed by atoms with Crippen LogP contribution in [0.1, 0.15) is 32.3 Å². The van der Waals surface area contributed by atoms with E-state index < -0.39 is 5.79 Å². The molecular weight excluding hydrogens is 212 g/mol. The average molecular weight is 232 g/mol. The minimum absolute atomic E-state index is 0.244. The van der Waals surface area contributed by atoms with Gasteiger partial charge in [0.05, 0.1) is 0 Å². The molecule has 0 radical (unpaired) electrons. The van der Waals surface area contributed by atoms with Crippen molar-refractivity contribution in [3.63, 3.8) is 0 Å². The highest BCUT2D eigenvalue weighted by Crippen LogP contribution is 2.24. The van der Waals surface area contributed by atoms with E-state index in [1.54, 1.807) is 6.08 Å². The summed E-state index contributed by atoms with van der Waals surface area (Å²) in [6.45, 7) is 4.25.